The zero-order chi connectivity index (χ0) is 44.9. The number of furan rings is 1. The van der Waals surface area contributed by atoms with E-state index < -0.39 is 46.9 Å². The van der Waals surface area contributed by atoms with Gasteiger partial charge in [-0.15, -0.1) is 0 Å². The average molecular weight is 912 g/mol. The molecule has 8 nitrogen and oxygen atoms in total. The van der Waals surface area contributed by atoms with Crippen molar-refractivity contribution in [3.8, 4) is 0 Å². The fraction of sp³-hybridized carbons (Fsp3) is 0.455. The van der Waals surface area contributed by atoms with Crippen LogP contribution in [0.1, 0.15) is 106 Å². The van der Waals surface area contributed by atoms with Crippen molar-refractivity contribution in [3.63, 3.8) is 0 Å². The summed E-state index contributed by atoms with van der Waals surface area (Å²) in [6.45, 7) is 25.6. The second-order valence-electron chi connectivity index (χ2n) is 15.4. The maximum atomic E-state index is 12.7. The Kier molecular flexibility index (Phi) is 19.6. The van der Waals surface area contributed by atoms with Crippen LogP contribution >= 0.6 is 27.5 Å². The van der Waals surface area contributed by atoms with Gasteiger partial charge in [0.1, 0.15) is 11.6 Å². The number of halogens is 6. The van der Waals surface area contributed by atoms with E-state index in [1.54, 1.807) is 27.7 Å². The van der Waals surface area contributed by atoms with E-state index in [9.17, 15) is 32.3 Å². The number of aryl methyl sites for hydroxylation is 2. The molecular formula is C44H57BBrClF4N2O6. The Bertz CT molecular complexity index is 1920. The summed E-state index contributed by atoms with van der Waals surface area (Å²) in [5.41, 5.74) is 2.43. The van der Waals surface area contributed by atoms with Gasteiger partial charge in [0.2, 0.25) is 5.76 Å². The fourth-order valence-corrected chi connectivity index (χ4v) is 6.19. The molecule has 2 N–H and O–H groups in total. The second-order valence-corrected chi connectivity index (χ2v) is 16.7. The average Bonchev–Trinajstić information content (AvgIpc) is 3.71. The first kappa shape index (κ1) is 51.6. The molecular weight excluding hydrogens is 855 g/mol. The van der Waals surface area contributed by atoms with Crippen LogP contribution in [0.2, 0.25) is 0 Å². The maximum absolute atomic E-state index is 12.7. The maximum Gasteiger partial charge on any atom is 0.494 e. The third kappa shape index (κ3) is 15.5. The minimum atomic E-state index is -4.43. The van der Waals surface area contributed by atoms with Crippen LogP contribution in [0.3, 0.4) is 0 Å². The molecule has 0 aliphatic carbocycles. The molecule has 1 fully saturated rings. The van der Waals surface area contributed by atoms with Crippen molar-refractivity contribution in [1.29, 1.82) is 0 Å². The number of rotatable bonds is 11. The van der Waals surface area contributed by atoms with Gasteiger partial charge in [0.25, 0.3) is 5.24 Å². The number of nitrogens with one attached hydrogen (secondary N) is 1. The zero-order valence-corrected chi connectivity index (χ0v) is 38.1. The number of carbonyl (C=O) groups excluding carboxylic acids is 1. The van der Waals surface area contributed by atoms with Crippen molar-refractivity contribution >= 4 is 51.3 Å². The van der Waals surface area contributed by atoms with Crippen molar-refractivity contribution in [1.82, 2.24) is 10.2 Å². The molecule has 59 heavy (non-hydrogen) atoms. The Morgan fingerprint density at radius 1 is 0.847 bits per heavy atom. The number of carboxylic acids is 1. The Balaban J connectivity index is 0.000000290. The van der Waals surface area contributed by atoms with Gasteiger partial charge in [-0.3, -0.25) is 9.59 Å². The van der Waals surface area contributed by atoms with E-state index in [4.69, 9.17) is 25.3 Å². The topological polar surface area (TPSA) is 101 Å². The number of hydrogen-bond donors (Lipinski definition) is 2. The monoisotopic (exact) mass is 910 g/mol. The Morgan fingerprint density at radius 3 is 1.80 bits per heavy atom. The first-order valence-electron chi connectivity index (χ1n) is 19.3. The minimum Gasteiger partial charge on any atom is -0.481 e. The highest BCUT2D eigenvalue weighted by Crippen LogP contribution is 2.37. The smallest absolute Gasteiger partial charge is 0.481 e. The summed E-state index contributed by atoms with van der Waals surface area (Å²) >= 11 is 8.63. The highest BCUT2D eigenvalue weighted by atomic mass is 79.9. The number of hydrogen-bond acceptors (Lipinski definition) is 7. The third-order valence-electron chi connectivity index (χ3n) is 10.2. The van der Waals surface area contributed by atoms with E-state index in [0.29, 0.717) is 23.2 Å². The van der Waals surface area contributed by atoms with E-state index >= 15 is 0 Å². The molecule has 4 aromatic rings. The lowest BCUT2D eigenvalue weighted by Crippen LogP contribution is -2.41. The van der Waals surface area contributed by atoms with Crippen LogP contribution in [0, 0.1) is 19.7 Å². The molecule has 0 unspecified atom stereocenters. The van der Waals surface area contributed by atoms with Gasteiger partial charge in [-0.1, -0.05) is 73.1 Å². The number of alkyl halides is 3. The molecule has 1 aromatic heterocycles. The number of carbonyl (C=O) groups is 2. The van der Waals surface area contributed by atoms with Gasteiger partial charge in [-0.2, -0.15) is 13.2 Å². The number of aliphatic carboxylic acids is 1. The van der Waals surface area contributed by atoms with Crippen LogP contribution < -0.4 is 10.8 Å². The summed E-state index contributed by atoms with van der Waals surface area (Å²) < 4.78 is 67.4. The minimum absolute atomic E-state index is 0.256. The molecule has 0 atom stereocenters. The van der Waals surface area contributed by atoms with Crippen LogP contribution in [0.15, 0.2) is 81.7 Å². The molecule has 0 saturated carbocycles. The quantitative estimate of drug-likeness (QED) is 0.0872. The standard InChI is InChI=1S/C16H23BO4.C13H11BrF3NO.C9H8ClFO.C6H15N/c1-14(2,13(18)19)11-8-7-9-12(10-11)17-20-15(3,4)16(5,6)21-17;14-10-3-1-9(2-4-10)7-18-8-11-5-6-12(19-11)13(15,16)17;1-5-3-7(11)4-6(2)8(5)9(10)12;1-4-7(5-2)6-3/h7-10H,1-6H3,(H,18,19);1-6,18H,7-8H2;3-4H,1-2H3;4-6H2,1-3H3. The molecule has 0 bridgehead atoms. The summed E-state index contributed by atoms with van der Waals surface area (Å²) in [6, 6.07) is 20.0. The molecule has 2 heterocycles. The summed E-state index contributed by atoms with van der Waals surface area (Å²) in [7, 11) is -0.473. The van der Waals surface area contributed by atoms with Gasteiger partial charge in [0.05, 0.1) is 23.2 Å². The predicted octanol–water partition coefficient (Wildman–Crippen LogP) is 10.9. The lowest BCUT2D eigenvalue weighted by atomic mass is 9.75. The van der Waals surface area contributed by atoms with Crippen molar-refractivity contribution < 1.29 is 46.0 Å². The van der Waals surface area contributed by atoms with Gasteiger partial charge in [-0.25, -0.2) is 4.39 Å². The summed E-state index contributed by atoms with van der Waals surface area (Å²) in [6.07, 6.45) is -4.43. The van der Waals surface area contributed by atoms with E-state index in [0.717, 1.165) is 27.1 Å². The van der Waals surface area contributed by atoms with Crippen LogP contribution in [0.5, 0.6) is 0 Å². The lowest BCUT2D eigenvalue weighted by Gasteiger charge is -2.32. The number of carboxylic acid groups (broad SMARTS) is 1. The molecule has 0 radical (unpaired) electrons. The molecule has 324 valence electrons. The van der Waals surface area contributed by atoms with Crippen molar-refractivity contribution in [3.05, 3.63) is 122 Å². The van der Waals surface area contributed by atoms with E-state index in [2.05, 4.69) is 46.9 Å². The van der Waals surface area contributed by atoms with E-state index in [-0.39, 0.29) is 18.1 Å². The molecule has 0 amide bonds. The van der Waals surface area contributed by atoms with Crippen molar-refractivity contribution in [2.75, 3.05) is 19.6 Å². The fourth-order valence-electron chi connectivity index (χ4n) is 5.63. The highest BCUT2D eigenvalue weighted by molar-refractivity contribution is 9.10. The van der Waals surface area contributed by atoms with Crippen LogP contribution in [-0.2, 0) is 38.8 Å². The van der Waals surface area contributed by atoms with Gasteiger partial charge in [-0.05, 0) is 151 Å². The lowest BCUT2D eigenvalue weighted by molar-refractivity contribution is -0.153. The molecule has 1 aliphatic heterocycles. The van der Waals surface area contributed by atoms with Gasteiger partial charge in [0, 0.05) is 16.6 Å². The number of benzene rings is 3. The molecule has 1 aliphatic rings. The number of nitrogens with zero attached hydrogens (tertiary/aromatic N) is 1. The molecule has 0 spiro atoms. The Labute approximate surface area is 360 Å². The van der Waals surface area contributed by atoms with Gasteiger partial charge < -0.3 is 29.0 Å². The third-order valence-corrected chi connectivity index (χ3v) is 10.9. The summed E-state index contributed by atoms with van der Waals surface area (Å²) in [5.74, 6) is -1.89. The van der Waals surface area contributed by atoms with Gasteiger partial charge >= 0.3 is 19.3 Å². The normalized spacial score (nSPS) is 14.4. The van der Waals surface area contributed by atoms with Crippen LogP contribution in [0.25, 0.3) is 0 Å². The predicted molar refractivity (Wildman–Crippen MR) is 231 cm³/mol. The largest absolute Gasteiger partial charge is 0.494 e. The van der Waals surface area contributed by atoms with Crippen molar-refractivity contribution in [2.24, 2.45) is 0 Å². The summed E-state index contributed by atoms with van der Waals surface area (Å²) in [4.78, 5) is 24.6. The summed E-state index contributed by atoms with van der Waals surface area (Å²) in [5, 5.41) is 11.8. The van der Waals surface area contributed by atoms with Crippen molar-refractivity contribution in [2.45, 2.75) is 112 Å². The first-order chi connectivity index (χ1) is 27.3. The first-order valence-corrected chi connectivity index (χ1v) is 20.5. The Hall–Kier alpha value is -3.53. The molecule has 5 rings (SSSR count). The highest BCUT2D eigenvalue weighted by Gasteiger charge is 2.52. The van der Waals surface area contributed by atoms with Crippen LogP contribution in [0.4, 0.5) is 17.6 Å². The van der Waals surface area contributed by atoms with Gasteiger partial charge in [0.15, 0.2) is 0 Å². The second kappa shape index (κ2) is 22.4. The Morgan fingerprint density at radius 2 is 1.37 bits per heavy atom. The van der Waals surface area contributed by atoms with Crippen LogP contribution in [-0.4, -0.2) is 59.2 Å². The SMILES string of the molecule is CC(C)(C(=O)O)c1cccc(B2OC(C)(C)C(C)(C)O2)c1.CCN(CC)CC.Cc1cc(F)cc(C)c1C(=O)Cl.FC(F)(F)c1ccc(CNCc2ccc(Br)cc2)o1. The van der Waals surface area contributed by atoms with E-state index in [1.165, 1.54) is 37.8 Å². The molecule has 1 saturated heterocycles. The van der Waals surface area contributed by atoms with E-state index in [1.807, 2.05) is 76.2 Å². The molecule has 15 heteroatoms. The zero-order valence-electron chi connectivity index (χ0n) is 35.7. The molecule has 3 aromatic carbocycles.